The lowest BCUT2D eigenvalue weighted by atomic mass is 10.0. The summed E-state index contributed by atoms with van der Waals surface area (Å²) >= 11 is 12.6. The van der Waals surface area contributed by atoms with Gasteiger partial charge in [0.2, 0.25) is 0 Å². The third-order valence-electron chi connectivity index (χ3n) is 3.54. The van der Waals surface area contributed by atoms with Gasteiger partial charge in [-0.05, 0) is 36.8 Å². The van der Waals surface area contributed by atoms with Crippen molar-refractivity contribution in [1.82, 2.24) is 15.6 Å². The molecule has 4 nitrogen and oxygen atoms in total. The predicted molar refractivity (Wildman–Crippen MR) is 102 cm³/mol. The lowest BCUT2D eigenvalue weighted by Gasteiger charge is -2.18. The van der Waals surface area contributed by atoms with Gasteiger partial charge >= 0.3 is 0 Å². The summed E-state index contributed by atoms with van der Waals surface area (Å²) in [4.78, 5) is 8.84. The summed E-state index contributed by atoms with van der Waals surface area (Å²) in [7, 11) is 0. The number of aromatic nitrogens is 1. The fourth-order valence-electron chi connectivity index (χ4n) is 2.33. The zero-order chi connectivity index (χ0) is 17.4. The molecule has 0 bridgehead atoms. The van der Waals surface area contributed by atoms with Crippen LogP contribution in [-0.4, -0.2) is 24.0 Å². The van der Waals surface area contributed by atoms with E-state index in [4.69, 9.17) is 23.2 Å². The van der Waals surface area contributed by atoms with Crippen molar-refractivity contribution in [3.63, 3.8) is 0 Å². The Morgan fingerprint density at radius 1 is 1.12 bits per heavy atom. The Bertz CT molecular complexity index is 654. The Hall–Kier alpha value is -1.78. The highest BCUT2D eigenvalue weighted by molar-refractivity contribution is 6.36. The minimum atomic E-state index is 0.157. The van der Waals surface area contributed by atoms with Crippen molar-refractivity contribution in [2.24, 2.45) is 4.99 Å². The average molecular weight is 365 g/mol. The van der Waals surface area contributed by atoms with Crippen molar-refractivity contribution in [2.75, 3.05) is 13.1 Å². The van der Waals surface area contributed by atoms with Gasteiger partial charge < -0.3 is 10.6 Å². The van der Waals surface area contributed by atoms with Gasteiger partial charge in [-0.3, -0.25) is 4.98 Å². The lowest BCUT2D eigenvalue weighted by molar-refractivity contribution is 0.699. The molecule has 0 aliphatic heterocycles. The second kappa shape index (κ2) is 9.50. The maximum absolute atomic E-state index is 6.28. The SMILES string of the molecule is CCNC(=NCc1ccccn1)NCC(C)c1c(Cl)cccc1Cl. The van der Waals surface area contributed by atoms with Crippen LogP contribution in [0, 0.1) is 0 Å². The van der Waals surface area contributed by atoms with E-state index in [2.05, 4.69) is 27.5 Å². The summed E-state index contributed by atoms with van der Waals surface area (Å²) in [6.07, 6.45) is 1.77. The first kappa shape index (κ1) is 18.6. The summed E-state index contributed by atoms with van der Waals surface area (Å²) < 4.78 is 0. The van der Waals surface area contributed by atoms with Crippen molar-refractivity contribution >= 4 is 29.2 Å². The first-order valence-electron chi connectivity index (χ1n) is 7.97. The molecule has 2 aromatic rings. The number of halogens is 2. The molecule has 0 fully saturated rings. The minimum Gasteiger partial charge on any atom is -0.357 e. The Kier molecular flexibility index (Phi) is 7.35. The van der Waals surface area contributed by atoms with E-state index in [1.165, 1.54) is 0 Å². The summed E-state index contributed by atoms with van der Waals surface area (Å²) in [5, 5.41) is 7.95. The van der Waals surface area contributed by atoms with E-state index in [1.807, 2.05) is 43.3 Å². The maximum Gasteiger partial charge on any atom is 0.191 e. The van der Waals surface area contributed by atoms with Crippen LogP contribution in [0.5, 0.6) is 0 Å². The molecule has 0 aliphatic carbocycles. The van der Waals surface area contributed by atoms with Gasteiger partial charge in [0.25, 0.3) is 0 Å². The molecule has 128 valence electrons. The molecule has 0 spiro atoms. The van der Waals surface area contributed by atoms with Crippen LogP contribution in [0.15, 0.2) is 47.6 Å². The number of nitrogens with zero attached hydrogens (tertiary/aromatic N) is 2. The molecule has 0 saturated carbocycles. The van der Waals surface area contributed by atoms with Gasteiger partial charge in [0.15, 0.2) is 5.96 Å². The molecule has 0 saturated heterocycles. The van der Waals surface area contributed by atoms with Gasteiger partial charge in [0.05, 0.1) is 12.2 Å². The Morgan fingerprint density at radius 3 is 2.50 bits per heavy atom. The van der Waals surface area contributed by atoms with Crippen LogP contribution in [0.4, 0.5) is 0 Å². The van der Waals surface area contributed by atoms with Gasteiger partial charge in [0, 0.05) is 35.2 Å². The molecular weight excluding hydrogens is 343 g/mol. The topological polar surface area (TPSA) is 49.3 Å². The van der Waals surface area contributed by atoms with Crippen molar-refractivity contribution < 1.29 is 0 Å². The van der Waals surface area contributed by atoms with Gasteiger partial charge in [-0.1, -0.05) is 42.3 Å². The highest BCUT2D eigenvalue weighted by Crippen LogP contribution is 2.30. The highest BCUT2D eigenvalue weighted by atomic mass is 35.5. The van der Waals surface area contributed by atoms with Crippen LogP contribution in [0.1, 0.15) is 31.0 Å². The van der Waals surface area contributed by atoms with E-state index in [9.17, 15) is 0 Å². The van der Waals surface area contributed by atoms with Crippen LogP contribution in [0.25, 0.3) is 0 Å². The molecule has 24 heavy (non-hydrogen) atoms. The summed E-state index contributed by atoms with van der Waals surface area (Å²) in [5.74, 6) is 0.906. The van der Waals surface area contributed by atoms with E-state index in [0.29, 0.717) is 23.1 Å². The van der Waals surface area contributed by atoms with E-state index < -0.39 is 0 Å². The molecule has 1 heterocycles. The molecule has 1 unspecified atom stereocenters. The van der Waals surface area contributed by atoms with Gasteiger partial charge in [-0.15, -0.1) is 0 Å². The summed E-state index contributed by atoms with van der Waals surface area (Å²) in [6.45, 7) is 6.11. The van der Waals surface area contributed by atoms with E-state index in [-0.39, 0.29) is 5.92 Å². The molecule has 2 N–H and O–H groups in total. The fraction of sp³-hybridized carbons (Fsp3) is 0.333. The minimum absolute atomic E-state index is 0.157. The largest absolute Gasteiger partial charge is 0.357 e. The number of benzene rings is 1. The standard InChI is InChI=1S/C18H22Cl2N4/c1-3-21-18(24-12-14-7-4-5-10-22-14)23-11-13(2)17-15(19)8-6-9-16(17)20/h4-10,13H,3,11-12H2,1-2H3,(H2,21,23,24). The molecule has 1 aromatic heterocycles. The number of hydrogen-bond acceptors (Lipinski definition) is 2. The Labute approximate surface area is 153 Å². The quantitative estimate of drug-likeness (QED) is 0.594. The zero-order valence-corrected chi connectivity index (χ0v) is 15.4. The maximum atomic E-state index is 6.28. The van der Waals surface area contributed by atoms with Crippen molar-refractivity contribution in [2.45, 2.75) is 26.3 Å². The van der Waals surface area contributed by atoms with Crippen molar-refractivity contribution in [3.8, 4) is 0 Å². The van der Waals surface area contributed by atoms with Crippen molar-refractivity contribution in [3.05, 3.63) is 63.9 Å². The molecule has 1 atom stereocenters. The first-order chi connectivity index (χ1) is 11.6. The lowest BCUT2D eigenvalue weighted by Crippen LogP contribution is -2.39. The van der Waals surface area contributed by atoms with Crippen LogP contribution < -0.4 is 10.6 Å². The monoisotopic (exact) mass is 364 g/mol. The molecule has 0 amide bonds. The molecule has 0 aliphatic rings. The molecular formula is C18H22Cl2N4. The second-order valence-electron chi connectivity index (χ2n) is 5.43. The number of pyridine rings is 1. The smallest absolute Gasteiger partial charge is 0.191 e. The molecule has 2 rings (SSSR count). The zero-order valence-electron chi connectivity index (χ0n) is 13.9. The summed E-state index contributed by atoms with van der Waals surface area (Å²) in [5.41, 5.74) is 1.88. The van der Waals surface area contributed by atoms with Crippen molar-refractivity contribution in [1.29, 1.82) is 0 Å². The number of guanidine groups is 1. The average Bonchev–Trinajstić information content (AvgIpc) is 2.58. The number of hydrogen-bond donors (Lipinski definition) is 2. The Balaban J connectivity index is 2.00. The normalized spacial score (nSPS) is 12.8. The predicted octanol–water partition coefficient (Wildman–Crippen LogP) is 4.25. The van der Waals surface area contributed by atoms with Crippen LogP contribution >= 0.6 is 23.2 Å². The third-order valence-corrected chi connectivity index (χ3v) is 4.20. The van der Waals surface area contributed by atoms with E-state index >= 15 is 0 Å². The first-order valence-corrected chi connectivity index (χ1v) is 8.73. The van der Waals surface area contributed by atoms with Crippen LogP contribution in [0.3, 0.4) is 0 Å². The molecule has 0 radical (unpaired) electrons. The van der Waals surface area contributed by atoms with E-state index in [1.54, 1.807) is 6.20 Å². The second-order valence-corrected chi connectivity index (χ2v) is 6.25. The number of nitrogens with one attached hydrogen (secondary N) is 2. The molecule has 6 heteroatoms. The number of aliphatic imine (C=N–C) groups is 1. The molecule has 1 aromatic carbocycles. The van der Waals surface area contributed by atoms with E-state index in [0.717, 1.165) is 23.8 Å². The Morgan fingerprint density at radius 2 is 1.88 bits per heavy atom. The van der Waals surface area contributed by atoms with Gasteiger partial charge in [-0.25, -0.2) is 4.99 Å². The number of rotatable bonds is 6. The summed E-state index contributed by atoms with van der Waals surface area (Å²) in [6, 6.07) is 11.4. The van der Waals surface area contributed by atoms with Gasteiger partial charge in [-0.2, -0.15) is 0 Å². The highest BCUT2D eigenvalue weighted by Gasteiger charge is 2.14. The van der Waals surface area contributed by atoms with Crippen LogP contribution in [0.2, 0.25) is 10.0 Å². The fourth-order valence-corrected chi connectivity index (χ4v) is 3.10. The third kappa shape index (κ3) is 5.39. The van der Waals surface area contributed by atoms with Crippen LogP contribution in [-0.2, 0) is 6.54 Å². The van der Waals surface area contributed by atoms with Gasteiger partial charge in [0.1, 0.15) is 0 Å².